The average molecular weight is 280 g/mol. The van der Waals surface area contributed by atoms with Crippen molar-refractivity contribution < 1.29 is 14.3 Å². The summed E-state index contributed by atoms with van der Waals surface area (Å²) in [7, 11) is 0. The number of hydrogen-bond acceptors (Lipinski definition) is 5. The van der Waals surface area contributed by atoms with Crippen LogP contribution in [0.5, 0.6) is 5.75 Å². The molecular weight excluding hydrogens is 264 g/mol. The zero-order chi connectivity index (χ0) is 14.3. The molecule has 102 valence electrons. The summed E-state index contributed by atoms with van der Waals surface area (Å²) in [5.41, 5.74) is 4.47. The molecule has 6 heteroatoms. The fraction of sp³-hybridized carbons (Fsp3) is 0.308. The van der Waals surface area contributed by atoms with E-state index in [9.17, 15) is 9.59 Å². The number of primary amides is 1. The van der Waals surface area contributed by atoms with Gasteiger partial charge in [0.2, 0.25) is 5.91 Å². The highest BCUT2D eigenvalue weighted by Crippen LogP contribution is 2.12. The van der Waals surface area contributed by atoms with E-state index in [0.29, 0.717) is 5.75 Å². The Morgan fingerprint density at radius 3 is 2.42 bits per heavy atom. The second-order valence-electron chi connectivity index (χ2n) is 3.95. The Labute approximate surface area is 117 Å². The molecule has 0 radical (unpaired) electrons. The van der Waals surface area contributed by atoms with Crippen molar-refractivity contribution in [1.82, 2.24) is 5.32 Å². The van der Waals surface area contributed by atoms with Crippen molar-refractivity contribution in [3.63, 3.8) is 0 Å². The van der Waals surface area contributed by atoms with E-state index in [2.05, 4.69) is 11.1 Å². The lowest BCUT2D eigenvalue weighted by Crippen LogP contribution is -2.38. The lowest BCUT2D eigenvalue weighted by atomic mass is 10.2. The molecule has 3 N–H and O–H groups in total. The van der Waals surface area contributed by atoms with Gasteiger partial charge in [-0.2, -0.15) is 0 Å². The summed E-state index contributed by atoms with van der Waals surface area (Å²) in [6, 6.07) is 8.59. The Hall–Kier alpha value is -1.79. The highest BCUT2D eigenvalue weighted by molar-refractivity contribution is 7.80. The van der Waals surface area contributed by atoms with Gasteiger partial charge in [-0.3, -0.25) is 10.1 Å². The normalized spacial score (nSPS) is 17.3. The molecule has 0 bridgehead atoms. The number of thiocarbonyl (C=S) groups is 1. The third kappa shape index (κ3) is 5.58. The molecule has 2 rings (SSSR count). The van der Waals surface area contributed by atoms with E-state index < -0.39 is 6.04 Å². The van der Waals surface area contributed by atoms with Crippen molar-refractivity contribution >= 4 is 29.0 Å². The van der Waals surface area contributed by atoms with Crippen LogP contribution in [0.2, 0.25) is 0 Å². The lowest BCUT2D eigenvalue weighted by molar-refractivity contribution is -0.134. The van der Waals surface area contributed by atoms with E-state index in [-0.39, 0.29) is 11.9 Å². The van der Waals surface area contributed by atoms with Gasteiger partial charge >= 0.3 is 5.97 Å². The number of esters is 1. The Bertz CT molecular complexity index is 458. The average Bonchev–Trinajstić information content (AvgIpc) is 2.76. The second kappa shape index (κ2) is 7.60. The number of rotatable bonds is 2. The van der Waals surface area contributed by atoms with Gasteiger partial charge in [0, 0.05) is 18.3 Å². The van der Waals surface area contributed by atoms with Gasteiger partial charge in [-0.25, -0.2) is 4.79 Å². The number of nitrogens with one attached hydrogen (secondary N) is 1. The SMILES string of the molecule is CC(N)=O.O=C(Oc1ccccc1)[C@H]1NCCC1=S. The van der Waals surface area contributed by atoms with E-state index in [4.69, 9.17) is 17.0 Å². The number of ether oxygens (including phenoxy) is 1. The van der Waals surface area contributed by atoms with Gasteiger partial charge < -0.3 is 10.5 Å². The van der Waals surface area contributed by atoms with E-state index in [0.717, 1.165) is 17.8 Å². The zero-order valence-electron chi connectivity index (χ0n) is 10.6. The van der Waals surface area contributed by atoms with Gasteiger partial charge in [-0.05, 0) is 18.6 Å². The number of para-hydroxylation sites is 1. The third-order valence-electron chi connectivity index (χ3n) is 2.24. The topological polar surface area (TPSA) is 81.4 Å². The molecule has 0 spiro atoms. The minimum Gasteiger partial charge on any atom is -0.425 e. The van der Waals surface area contributed by atoms with Gasteiger partial charge in [0.05, 0.1) is 0 Å². The standard InChI is InChI=1S/C11H11NO2S.C2H5NO/c13-11(10-9(15)6-7-12-10)14-8-4-2-1-3-5-8;1-2(3)4/h1-5,10,12H,6-7H2;1H3,(H2,3,4)/t10-;/m0./s1. The molecule has 1 fully saturated rings. The molecule has 1 atom stereocenters. The lowest BCUT2D eigenvalue weighted by Gasteiger charge is -2.09. The molecule has 0 aliphatic carbocycles. The van der Waals surface area contributed by atoms with E-state index in [1.54, 1.807) is 12.1 Å². The van der Waals surface area contributed by atoms with Crippen molar-refractivity contribution in [2.75, 3.05) is 6.54 Å². The van der Waals surface area contributed by atoms with Crippen molar-refractivity contribution in [1.29, 1.82) is 0 Å². The predicted molar refractivity (Wildman–Crippen MR) is 76.0 cm³/mol. The van der Waals surface area contributed by atoms with E-state index >= 15 is 0 Å². The fourth-order valence-electron chi connectivity index (χ4n) is 1.48. The second-order valence-corrected chi connectivity index (χ2v) is 4.47. The maximum absolute atomic E-state index is 11.7. The van der Waals surface area contributed by atoms with E-state index in [1.807, 2.05) is 18.2 Å². The molecule has 1 aliphatic heterocycles. The Morgan fingerprint density at radius 2 is 1.95 bits per heavy atom. The van der Waals surface area contributed by atoms with Gasteiger partial charge in [0.15, 0.2) is 0 Å². The smallest absolute Gasteiger partial charge is 0.333 e. The first-order chi connectivity index (χ1) is 9.00. The predicted octanol–water partition coefficient (Wildman–Crippen LogP) is 0.815. The highest BCUT2D eigenvalue weighted by atomic mass is 32.1. The minimum atomic E-state index is -0.416. The van der Waals surface area contributed by atoms with Crippen LogP contribution in [0.1, 0.15) is 13.3 Å². The number of benzene rings is 1. The minimum absolute atomic E-state index is 0.316. The highest BCUT2D eigenvalue weighted by Gasteiger charge is 2.28. The van der Waals surface area contributed by atoms with Crippen molar-refractivity contribution in [3.8, 4) is 5.75 Å². The van der Waals surface area contributed by atoms with Crippen LogP contribution in [0.3, 0.4) is 0 Å². The van der Waals surface area contributed by atoms with Gasteiger partial charge in [-0.15, -0.1) is 0 Å². The first-order valence-corrected chi connectivity index (χ1v) is 6.20. The maximum Gasteiger partial charge on any atom is 0.333 e. The van der Waals surface area contributed by atoms with Crippen LogP contribution < -0.4 is 15.8 Å². The van der Waals surface area contributed by atoms with Gasteiger partial charge in [0.25, 0.3) is 0 Å². The molecule has 1 amide bonds. The molecule has 0 aromatic heterocycles. The van der Waals surface area contributed by atoms with Gasteiger partial charge in [-0.1, -0.05) is 30.4 Å². The van der Waals surface area contributed by atoms with Crippen molar-refractivity contribution in [2.24, 2.45) is 5.73 Å². The van der Waals surface area contributed by atoms with Crippen LogP contribution in [-0.2, 0) is 9.59 Å². The van der Waals surface area contributed by atoms with E-state index in [1.165, 1.54) is 6.92 Å². The Kier molecular flexibility index (Phi) is 6.11. The number of amides is 1. The molecule has 0 saturated carbocycles. The molecule has 1 saturated heterocycles. The van der Waals surface area contributed by atoms with Gasteiger partial charge in [0.1, 0.15) is 11.8 Å². The summed E-state index contributed by atoms with van der Waals surface area (Å²) in [6.07, 6.45) is 0.768. The van der Waals surface area contributed by atoms with Crippen LogP contribution >= 0.6 is 12.2 Å². The first-order valence-electron chi connectivity index (χ1n) is 5.79. The summed E-state index contributed by atoms with van der Waals surface area (Å²) >= 11 is 5.07. The third-order valence-corrected chi connectivity index (χ3v) is 2.68. The first kappa shape index (κ1) is 15.3. The van der Waals surface area contributed by atoms with Crippen LogP contribution in [0.15, 0.2) is 30.3 Å². The summed E-state index contributed by atoms with van der Waals surface area (Å²) in [5.74, 6) is -0.0947. The number of hydrogen-bond donors (Lipinski definition) is 2. The molecular formula is C13H16N2O3S. The summed E-state index contributed by atoms with van der Waals surface area (Å²) in [5, 5.41) is 3.01. The number of carbonyl (C=O) groups is 2. The fourth-order valence-corrected chi connectivity index (χ4v) is 1.76. The number of carbonyl (C=O) groups excluding carboxylic acids is 2. The molecule has 1 heterocycles. The maximum atomic E-state index is 11.7. The molecule has 0 unspecified atom stereocenters. The molecule has 19 heavy (non-hydrogen) atoms. The molecule has 1 aromatic rings. The van der Waals surface area contributed by atoms with Crippen molar-refractivity contribution in [2.45, 2.75) is 19.4 Å². The quantitative estimate of drug-likeness (QED) is 0.476. The van der Waals surface area contributed by atoms with Crippen LogP contribution in [0.25, 0.3) is 0 Å². The monoisotopic (exact) mass is 280 g/mol. The van der Waals surface area contributed by atoms with Crippen LogP contribution in [0, 0.1) is 0 Å². The van der Waals surface area contributed by atoms with Crippen molar-refractivity contribution in [3.05, 3.63) is 30.3 Å². The van der Waals surface area contributed by atoms with Crippen LogP contribution in [0.4, 0.5) is 0 Å². The molecule has 5 nitrogen and oxygen atoms in total. The molecule has 1 aromatic carbocycles. The Morgan fingerprint density at radius 1 is 1.37 bits per heavy atom. The van der Waals surface area contributed by atoms with Crippen LogP contribution in [-0.4, -0.2) is 29.3 Å². The summed E-state index contributed by atoms with van der Waals surface area (Å²) in [4.78, 5) is 21.6. The zero-order valence-corrected chi connectivity index (χ0v) is 11.4. The molecule has 1 aliphatic rings. The number of nitrogens with two attached hydrogens (primary N) is 1. The largest absolute Gasteiger partial charge is 0.425 e. The summed E-state index contributed by atoms with van der Waals surface area (Å²) in [6.45, 7) is 2.06. The Balaban J connectivity index is 0.000000399. The summed E-state index contributed by atoms with van der Waals surface area (Å²) < 4.78 is 5.18.